The Labute approximate surface area is 285 Å². The van der Waals surface area contributed by atoms with Crippen LogP contribution < -0.4 is 20.3 Å². The Morgan fingerprint density at radius 3 is 2.58 bits per heavy atom. The third-order valence-electron chi connectivity index (χ3n) is 7.49. The zero-order chi connectivity index (χ0) is 33.8. The van der Waals surface area contributed by atoms with Crippen molar-refractivity contribution in [3.05, 3.63) is 94.0 Å². The summed E-state index contributed by atoms with van der Waals surface area (Å²) in [5.41, 5.74) is 3.35. The number of rotatable bonds is 10. The van der Waals surface area contributed by atoms with Crippen molar-refractivity contribution in [3.8, 4) is 5.75 Å². The summed E-state index contributed by atoms with van der Waals surface area (Å²) in [4.78, 5) is 49.5. The average molecular weight is 686 g/mol. The molecule has 5 aromatic rings. The second-order valence-corrected chi connectivity index (χ2v) is 14.3. The summed E-state index contributed by atoms with van der Waals surface area (Å²) < 4.78 is 12.2. The van der Waals surface area contributed by atoms with Crippen molar-refractivity contribution in [2.75, 3.05) is 28.7 Å². The van der Waals surface area contributed by atoms with E-state index in [0.29, 0.717) is 71.1 Å². The Morgan fingerprint density at radius 1 is 0.979 bits per heavy atom. The number of ether oxygens (including phenoxy) is 2. The summed E-state index contributed by atoms with van der Waals surface area (Å²) in [7, 11) is 0. The molecular formula is C35H35N5O6S2. The number of nitrogens with one attached hydrogen (secondary N) is 2. The lowest BCUT2D eigenvalue weighted by Gasteiger charge is -2.29. The smallest absolute Gasteiger partial charge is 0.412 e. The molecule has 13 heteroatoms. The molecule has 48 heavy (non-hydrogen) atoms. The third kappa shape index (κ3) is 7.92. The van der Waals surface area contributed by atoms with Gasteiger partial charge in [0.1, 0.15) is 11.4 Å². The van der Waals surface area contributed by atoms with E-state index in [1.165, 1.54) is 22.7 Å². The van der Waals surface area contributed by atoms with Gasteiger partial charge in [-0.1, -0.05) is 41.7 Å². The van der Waals surface area contributed by atoms with Gasteiger partial charge in [-0.2, -0.15) is 0 Å². The maximum Gasteiger partial charge on any atom is 0.412 e. The zero-order valence-corrected chi connectivity index (χ0v) is 28.4. The monoisotopic (exact) mass is 685 g/mol. The van der Waals surface area contributed by atoms with Crippen LogP contribution in [0.2, 0.25) is 0 Å². The summed E-state index contributed by atoms with van der Waals surface area (Å²) in [6.45, 7) is 6.81. The lowest BCUT2D eigenvalue weighted by molar-refractivity contribution is 0.0633. The number of benzene rings is 3. The van der Waals surface area contributed by atoms with Crippen molar-refractivity contribution in [1.29, 1.82) is 0 Å². The Hall–Kier alpha value is -5.01. The highest BCUT2D eigenvalue weighted by molar-refractivity contribution is 7.22. The Balaban J connectivity index is 1.09. The number of anilines is 3. The average Bonchev–Trinajstić information content (AvgIpc) is 3.66. The number of aryl methyl sites for hydroxylation is 1. The van der Waals surface area contributed by atoms with Gasteiger partial charge in [0.25, 0.3) is 5.91 Å². The lowest BCUT2D eigenvalue weighted by Crippen LogP contribution is -2.32. The highest BCUT2D eigenvalue weighted by Crippen LogP contribution is 2.33. The second-order valence-electron chi connectivity index (χ2n) is 12.2. The molecule has 1 aliphatic heterocycles. The molecular weight excluding hydrogens is 651 g/mol. The van der Waals surface area contributed by atoms with Crippen LogP contribution in [0.15, 0.2) is 66.7 Å². The van der Waals surface area contributed by atoms with Gasteiger partial charge in [0.2, 0.25) is 0 Å². The van der Waals surface area contributed by atoms with Gasteiger partial charge in [0, 0.05) is 35.3 Å². The molecule has 1 aliphatic rings. The number of para-hydroxylation sites is 1. The molecule has 0 aliphatic carbocycles. The number of hydrogen-bond acceptors (Lipinski definition) is 10. The summed E-state index contributed by atoms with van der Waals surface area (Å²) in [6.07, 6.45) is 1.17. The minimum Gasteiger partial charge on any atom is -0.494 e. The van der Waals surface area contributed by atoms with Crippen LogP contribution in [0.1, 0.15) is 64.0 Å². The molecule has 2 aromatic heterocycles. The minimum atomic E-state index is -1.08. The lowest BCUT2D eigenvalue weighted by atomic mass is 9.94. The fourth-order valence-electron chi connectivity index (χ4n) is 5.37. The zero-order valence-electron chi connectivity index (χ0n) is 26.7. The van der Waals surface area contributed by atoms with E-state index in [4.69, 9.17) is 9.47 Å². The van der Waals surface area contributed by atoms with Gasteiger partial charge in [0.05, 0.1) is 16.8 Å². The first-order chi connectivity index (χ1) is 23.0. The second kappa shape index (κ2) is 14.0. The van der Waals surface area contributed by atoms with Crippen molar-refractivity contribution in [3.63, 3.8) is 0 Å². The van der Waals surface area contributed by atoms with Crippen LogP contribution in [-0.2, 0) is 24.1 Å². The number of carbonyl (C=O) groups excluding carboxylic acids is 2. The standard InChI is InChI=1S/C35H35N5O6S2/c1-35(2,3)46-34(44)36-22-10-7-11-23(19-22)45-18-8-15-28-29(31(42)43)38-33(48-28)40-17-16-21-9-6-12-24(25(21)20-40)30(41)39-32-37-26-13-4-5-14-27(26)47-32/h4-7,9-14,19H,8,15-18,20H2,1-3H3,(H,36,44)(H,42,43)(H,37,39,41). The number of thiazole rings is 2. The molecule has 0 fully saturated rings. The molecule has 3 N–H and O–H groups in total. The van der Waals surface area contributed by atoms with Gasteiger partial charge in [-0.05, 0) is 81.5 Å². The molecule has 0 saturated carbocycles. The van der Waals surface area contributed by atoms with Gasteiger partial charge < -0.3 is 19.5 Å². The summed E-state index contributed by atoms with van der Waals surface area (Å²) in [5, 5.41) is 16.8. The molecule has 248 valence electrons. The van der Waals surface area contributed by atoms with E-state index < -0.39 is 17.7 Å². The predicted molar refractivity (Wildman–Crippen MR) is 188 cm³/mol. The van der Waals surface area contributed by atoms with Crippen LogP contribution in [0.3, 0.4) is 0 Å². The predicted octanol–water partition coefficient (Wildman–Crippen LogP) is 7.62. The highest BCUT2D eigenvalue weighted by atomic mass is 32.1. The number of nitrogens with zero attached hydrogens (tertiary/aromatic N) is 3. The number of hydrogen-bond donors (Lipinski definition) is 3. The van der Waals surface area contributed by atoms with Gasteiger partial charge in [-0.3, -0.25) is 15.4 Å². The summed E-state index contributed by atoms with van der Waals surface area (Å²) >= 11 is 2.78. The third-order valence-corrected chi connectivity index (χ3v) is 9.62. The fraction of sp³-hybridized carbons (Fsp3) is 0.286. The quantitative estimate of drug-likeness (QED) is 0.127. The van der Waals surface area contributed by atoms with Crippen molar-refractivity contribution in [2.24, 2.45) is 0 Å². The Bertz CT molecular complexity index is 1950. The number of carboxylic acids is 1. The van der Waals surface area contributed by atoms with E-state index in [0.717, 1.165) is 21.3 Å². The van der Waals surface area contributed by atoms with E-state index in [1.807, 2.05) is 47.4 Å². The Morgan fingerprint density at radius 2 is 1.79 bits per heavy atom. The molecule has 0 atom stereocenters. The molecule has 0 saturated heterocycles. The van der Waals surface area contributed by atoms with Gasteiger partial charge in [-0.25, -0.2) is 19.6 Å². The van der Waals surface area contributed by atoms with Gasteiger partial charge in [0.15, 0.2) is 16.0 Å². The first-order valence-corrected chi connectivity index (χ1v) is 17.1. The molecule has 3 aromatic carbocycles. The summed E-state index contributed by atoms with van der Waals surface area (Å²) in [5.74, 6) is -0.741. The van der Waals surface area contributed by atoms with Crippen molar-refractivity contribution >= 4 is 66.8 Å². The molecule has 0 unspecified atom stereocenters. The number of aromatic nitrogens is 2. The van der Waals surface area contributed by atoms with E-state index in [2.05, 4.69) is 20.6 Å². The number of fused-ring (bicyclic) bond motifs is 2. The van der Waals surface area contributed by atoms with E-state index in [1.54, 1.807) is 45.0 Å². The molecule has 2 amide bonds. The molecule has 0 bridgehead atoms. The van der Waals surface area contributed by atoms with E-state index >= 15 is 0 Å². The maximum absolute atomic E-state index is 13.4. The van der Waals surface area contributed by atoms with Gasteiger partial charge in [-0.15, -0.1) is 11.3 Å². The highest BCUT2D eigenvalue weighted by Gasteiger charge is 2.27. The molecule has 11 nitrogen and oxygen atoms in total. The number of aromatic carboxylic acids is 1. The topological polar surface area (TPSA) is 143 Å². The van der Waals surface area contributed by atoms with Crippen molar-refractivity contribution in [1.82, 2.24) is 9.97 Å². The SMILES string of the molecule is CC(C)(C)OC(=O)Nc1cccc(OCCCc2sc(N3CCc4cccc(C(=O)Nc5nc6ccccc6s5)c4C3)nc2C(=O)O)c1. The van der Waals surface area contributed by atoms with Crippen LogP contribution >= 0.6 is 22.7 Å². The van der Waals surface area contributed by atoms with E-state index in [9.17, 15) is 19.5 Å². The van der Waals surface area contributed by atoms with Crippen LogP contribution in [-0.4, -0.2) is 51.8 Å². The van der Waals surface area contributed by atoms with Gasteiger partial charge >= 0.3 is 12.1 Å². The van der Waals surface area contributed by atoms with Crippen LogP contribution in [0, 0.1) is 0 Å². The number of carbonyl (C=O) groups is 3. The normalized spacial score (nSPS) is 12.8. The fourth-order valence-corrected chi connectivity index (χ4v) is 7.35. The minimum absolute atomic E-state index is 0.0335. The largest absolute Gasteiger partial charge is 0.494 e. The van der Waals surface area contributed by atoms with E-state index in [-0.39, 0.29) is 11.6 Å². The Kier molecular flexibility index (Phi) is 9.60. The van der Waals surface area contributed by atoms with Crippen molar-refractivity contribution in [2.45, 2.75) is 52.2 Å². The first-order valence-electron chi connectivity index (χ1n) is 15.5. The molecule has 3 heterocycles. The van der Waals surface area contributed by atoms with Crippen LogP contribution in [0.25, 0.3) is 10.2 Å². The summed E-state index contributed by atoms with van der Waals surface area (Å²) in [6, 6.07) is 20.5. The van der Waals surface area contributed by atoms with Crippen molar-refractivity contribution < 1.29 is 29.0 Å². The van der Waals surface area contributed by atoms with Crippen LogP contribution in [0.5, 0.6) is 5.75 Å². The maximum atomic E-state index is 13.4. The molecule has 0 radical (unpaired) electrons. The molecule has 6 rings (SSSR count). The molecule has 0 spiro atoms. The number of amides is 2. The number of carboxylic acid groups (broad SMARTS) is 1. The van der Waals surface area contributed by atoms with Crippen LogP contribution in [0.4, 0.5) is 20.7 Å². The first kappa shape index (κ1) is 32.9.